The van der Waals surface area contributed by atoms with Crippen molar-refractivity contribution in [2.75, 3.05) is 26.4 Å². The van der Waals surface area contributed by atoms with Gasteiger partial charge in [0.1, 0.15) is 12.7 Å². The molecule has 0 heterocycles. The van der Waals surface area contributed by atoms with Gasteiger partial charge in [0.2, 0.25) is 5.91 Å². The molecule has 0 bridgehead atoms. The second kappa shape index (κ2) is 32.7. The lowest BCUT2D eigenvalue weighted by molar-refractivity contribution is -0.147. The molecule has 0 fully saturated rings. The fraction of sp³-hybridized carbons (Fsp3) is 0.886. The summed E-state index contributed by atoms with van der Waals surface area (Å²) in [5, 5.41) is 12.6. The molecule has 45 heavy (non-hydrogen) atoms. The van der Waals surface area contributed by atoms with Gasteiger partial charge in [-0.15, -0.1) is 0 Å². The van der Waals surface area contributed by atoms with Gasteiger partial charge in [0.05, 0.1) is 13.2 Å². The smallest absolute Gasteiger partial charge is 0.463 e. The molecule has 266 valence electrons. The number of aliphatic hydroxyl groups is 1. The second-order valence-electron chi connectivity index (χ2n) is 12.2. The van der Waals surface area contributed by atoms with Crippen molar-refractivity contribution in [1.82, 2.24) is 5.32 Å². The maximum absolute atomic E-state index is 12.0. The number of nitrogens with one attached hydrogen (secondary N) is 1. The lowest BCUT2D eigenvalue weighted by Gasteiger charge is -2.15. The molecule has 3 N–H and O–H groups in total. The van der Waals surface area contributed by atoms with Gasteiger partial charge in [0.25, 0.3) is 0 Å². The molecule has 0 aromatic carbocycles. The summed E-state index contributed by atoms with van der Waals surface area (Å²) in [6.07, 6.45) is 30.1. The van der Waals surface area contributed by atoms with Gasteiger partial charge in [-0.2, -0.15) is 0 Å². The van der Waals surface area contributed by atoms with Crippen molar-refractivity contribution in [1.29, 1.82) is 0 Å². The molecule has 0 radical (unpaired) electrons. The van der Waals surface area contributed by atoms with E-state index in [4.69, 9.17) is 13.8 Å². The van der Waals surface area contributed by atoms with E-state index in [0.717, 1.165) is 57.8 Å². The molecule has 1 amide bonds. The van der Waals surface area contributed by atoms with Crippen LogP contribution in [0.5, 0.6) is 0 Å². The fourth-order valence-electron chi connectivity index (χ4n) is 4.90. The average Bonchev–Trinajstić information content (AvgIpc) is 3.02. The first-order valence-electron chi connectivity index (χ1n) is 18.2. The summed E-state index contributed by atoms with van der Waals surface area (Å²) in [6.45, 7) is 3.50. The second-order valence-corrected chi connectivity index (χ2v) is 13.7. The summed E-state index contributed by atoms with van der Waals surface area (Å²) in [6, 6.07) is 0. The highest BCUT2D eigenvalue weighted by Crippen LogP contribution is 2.42. The van der Waals surface area contributed by atoms with Gasteiger partial charge >= 0.3 is 13.8 Å². The van der Waals surface area contributed by atoms with Crippen molar-refractivity contribution in [2.24, 2.45) is 0 Å². The van der Waals surface area contributed by atoms with Crippen molar-refractivity contribution >= 4 is 19.7 Å². The number of unbranched alkanes of at least 4 members (excludes halogenated alkanes) is 19. The average molecular weight is 662 g/mol. The van der Waals surface area contributed by atoms with Crippen molar-refractivity contribution in [3.8, 4) is 0 Å². The van der Waals surface area contributed by atoms with Crippen molar-refractivity contribution in [3.63, 3.8) is 0 Å². The number of ether oxygens (including phenoxy) is 1. The number of phosphoric acid groups is 1. The normalized spacial score (nSPS) is 13.6. The van der Waals surface area contributed by atoms with Crippen molar-refractivity contribution < 1.29 is 37.9 Å². The van der Waals surface area contributed by atoms with E-state index in [1.807, 2.05) is 0 Å². The van der Waals surface area contributed by atoms with E-state index >= 15 is 0 Å². The van der Waals surface area contributed by atoms with E-state index in [1.54, 1.807) is 0 Å². The molecular weight excluding hydrogens is 593 g/mol. The highest BCUT2D eigenvalue weighted by Gasteiger charge is 2.23. The van der Waals surface area contributed by atoms with Crippen LogP contribution in [0.2, 0.25) is 0 Å². The highest BCUT2D eigenvalue weighted by atomic mass is 31.2. The fourth-order valence-corrected chi connectivity index (χ4v) is 5.66. The quantitative estimate of drug-likeness (QED) is 0.0269. The molecule has 0 rings (SSSR count). The van der Waals surface area contributed by atoms with Crippen LogP contribution in [0.3, 0.4) is 0 Å². The van der Waals surface area contributed by atoms with Gasteiger partial charge in [-0.1, -0.05) is 129 Å². The van der Waals surface area contributed by atoms with E-state index in [9.17, 15) is 24.2 Å². The lowest BCUT2D eigenvalue weighted by Crippen LogP contribution is -2.27. The first-order valence-corrected chi connectivity index (χ1v) is 19.7. The largest absolute Gasteiger partial charge is 0.472 e. The van der Waals surface area contributed by atoms with Gasteiger partial charge < -0.3 is 20.1 Å². The van der Waals surface area contributed by atoms with Crippen LogP contribution in [0.25, 0.3) is 0 Å². The van der Waals surface area contributed by atoms with E-state index in [-0.39, 0.29) is 32.1 Å². The minimum absolute atomic E-state index is 0.0837. The van der Waals surface area contributed by atoms with E-state index in [2.05, 4.69) is 31.3 Å². The van der Waals surface area contributed by atoms with Crippen LogP contribution in [0.1, 0.15) is 168 Å². The third-order valence-electron chi connectivity index (χ3n) is 7.70. The van der Waals surface area contributed by atoms with Crippen LogP contribution in [0.15, 0.2) is 12.2 Å². The molecule has 2 atom stereocenters. The predicted octanol–water partition coefficient (Wildman–Crippen LogP) is 9.10. The zero-order valence-corrected chi connectivity index (χ0v) is 29.7. The van der Waals surface area contributed by atoms with Crippen molar-refractivity contribution in [2.45, 2.75) is 174 Å². The molecule has 0 spiro atoms. The molecule has 9 nitrogen and oxygen atoms in total. The highest BCUT2D eigenvalue weighted by molar-refractivity contribution is 7.47. The Balaban J connectivity index is 3.63. The topological polar surface area (TPSA) is 131 Å². The number of aliphatic hydroxyl groups excluding tert-OH is 1. The maximum Gasteiger partial charge on any atom is 0.472 e. The number of phosphoric ester groups is 1. The maximum atomic E-state index is 12.0. The van der Waals surface area contributed by atoms with Crippen LogP contribution in [0.4, 0.5) is 0 Å². The summed E-state index contributed by atoms with van der Waals surface area (Å²) in [4.78, 5) is 33.6. The van der Waals surface area contributed by atoms with Crippen LogP contribution in [-0.4, -0.2) is 54.3 Å². The zero-order chi connectivity index (χ0) is 33.3. The summed E-state index contributed by atoms with van der Waals surface area (Å²) in [5.41, 5.74) is 0. The van der Waals surface area contributed by atoms with Gasteiger partial charge in [0.15, 0.2) is 0 Å². The van der Waals surface area contributed by atoms with E-state index < -0.39 is 26.5 Å². The molecule has 0 aliphatic carbocycles. The van der Waals surface area contributed by atoms with Crippen LogP contribution < -0.4 is 5.32 Å². The van der Waals surface area contributed by atoms with Crippen LogP contribution >= 0.6 is 7.82 Å². The minimum atomic E-state index is -4.40. The SMILES string of the molecule is CCCCCCCCC/C=C\CCCCCCCC(=O)OCC(O)COP(=O)(O)OCCNC(=O)CCCCCCCCCC. The third kappa shape index (κ3) is 33.9. The third-order valence-corrected chi connectivity index (χ3v) is 8.68. The van der Waals surface area contributed by atoms with E-state index in [0.29, 0.717) is 6.42 Å². The summed E-state index contributed by atoms with van der Waals surface area (Å²) >= 11 is 0. The van der Waals surface area contributed by atoms with E-state index in [1.165, 1.54) is 83.5 Å². The molecule has 0 aliphatic rings. The Morgan fingerprint density at radius 2 is 1.13 bits per heavy atom. The number of hydrogen-bond acceptors (Lipinski definition) is 7. The Morgan fingerprint density at radius 3 is 1.67 bits per heavy atom. The minimum Gasteiger partial charge on any atom is -0.463 e. The Bertz CT molecular complexity index is 764. The first kappa shape index (κ1) is 43.8. The Labute approximate surface area is 275 Å². The molecule has 0 saturated carbocycles. The standard InChI is InChI=1S/C35H68NO8P/c1-3-5-7-9-11-13-14-15-16-17-18-19-20-22-24-26-28-35(39)42-31-33(37)32-44-45(40,41)43-30-29-36-34(38)27-25-23-21-12-10-8-6-4-2/h16-17,33,37H,3-15,18-32H2,1-2H3,(H,36,38)(H,40,41)/b17-16-. The van der Waals surface area contributed by atoms with Crippen LogP contribution in [-0.2, 0) is 27.9 Å². The van der Waals surface area contributed by atoms with Gasteiger partial charge in [0, 0.05) is 19.4 Å². The number of hydrogen-bond donors (Lipinski definition) is 3. The predicted molar refractivity (Wildman–Crippen MR) is 183 cm³/mol. The summed E-state index contributed by atoms with van der Waals surface area (Å²) in [5.74, 6) is -0.527. The Morgan fingerprint density at radius 1 is 0.667 bits per heavy atom. The first-order chi connectivity index (χ1) is 21.8. The molecule has 2 unspecified atom stereocenters. The van der Waals surface area contributed by atoms with Gasteiger partial charge in [-0.3, -0.25) is 18.6 Å². The Hall–Kier alpha value is -1.25. The number of amides is 1. The summed E-state index contributed by atoms with van der Waals surface area (Å²) in [7, 11) is -4.40. The molecule has 0 aromatic heterocycles. The van der Waals surface area contributed by atoms with Crippen LogP contribution in [0, 0.1) is 0 Å². The molecule has 10 heteroatoms. The lowest BCUT2D eigenvalue weighted by atomic mass is 10.1. The van der Waals surface area contributed by atoms with Gasteiger partial charge in [-0.25, -0.2) is 4.57 Å². The van der Waals surface area contributed by atoms with Crippen molar-refractivity contribution in [3.05, 3.63) is 12.2 Å². The number of carbonyl (C=O) groups is 2. The number of carbonyl (C=O) groups excluding carboxylic acids is 2. The molecule has 0 aliphatic heterocycles. The molecule has 0 aromatic rings. The number of rotatable bonds is 34. The zero-order valence-electron chi connectivity index (χ0n) is 28.8. The number of allylic oxidation sites excluding steroid dienone is 2. The Kier molecular flexibility index (Phi) is 31.8. The van der Waals surface area contributed by atoms with Gasteiger partial charge in [-0.05, 0) is 38.5 Å². The molecule has 0 saturated heterocycles. The number of esters is 1. The summed E-state index contributed by atoms with van der Waals surface area (Å²) < 4.78 is 26.7. The monoisotopic (exact) mass is 661 g/mol. The molecular formula is C35H68NO8P.